The van der Waals surface area contributed by atoms with Crippen LogP contribution in [0.2, 0.25) is 0 Å². The van der Waals surface area contributed by atoms with Gasteiger partial charge in [-0.25, -0.2) is 0 Å². The molecule has 1 unspecified atom stereocenters. The molecule has 0 saturated heterocycles. The summed E-state index contributed by atoms with van der Waals surface area (Å²) in [5, 5.41) is 4.23. The first-order valence-corrected chi connectivity index (χ1v) is 5.03. The molecule has 4 nitrogen and oxygen atoms in total. The molecule has 0 saturated carbocycles. The van der Waals surface area contributed by atoms with Gasteiger partial charge in [-0.1, -0.05) is 0 Å². The molecule has 0 aromatic carbocycles. The van der Waals surface area contributed by atoms with Gasteiger partial charge in [-0.3, -0.25) is 4.68 Å². The molecule has 0 fully saturated rings. The molecule has 1 heterocycles. The zero-order chi connectivity index (χ0) is 10.6. The maximum atomic E-state index is 5.72. The van der Waals surface area contributed by atoms with Gasteiger partial charge in [0.2, 0.25) is 0 Å². The summed E-state index contributed by atoms with van der Waals surface area (Å²) in [6, 6.07) is 0.222. The van der Waals surface area contributed by atoms with Gasteiger partial charge in [0, 0.05) is 12.6 Å². The summed E-state index contributed by atoms with van der Waals surface area (Å²) in [5.74, 6) is 0.868. The summed E-state index contributed by atoms with van der Waals surface area (Å²) >= 11 is 0. The molecular formula is C10H19N3O. The van der Waals surface area contributed by atoms with Gasteiger partial charge in [-0.05, 0) is 26.7 Å². The summed E-state index contributed by atoms with van der Waals surface area (Å²) in [5.41, 5.74) is 6.87. The summed E-state index contributed by atoms with van der Waals surface area (Å²) in [4.78, 5) is 0. The van der Waals surface area contributed by atoms with Crippen LogP contribution in [-0.4, -0.2) is 22.9 Å². The van der Waals surface area contributed by atoms with Crippen LogP contribution in [0, 0.1) is 0 Å². The van der Waals surface area contributed by atoms with Crippen molar-refractivity contribution in [3.63, 3.8) is 0 Å². The van der Waals surface area contributed by atoms with Crippen molar-refractivity contribution < 1.29 is 4.74 Å². The molecule has 0 bridgehead atoms. The van der Waals surface area contributed by atoms with E-state index >= 15 is 0 Å². The van der Waals surface area contributed by atoms with Gasteiger partial charge >= 0.3 is 0 Å². The van der Waals surface area contributed by atoms with Gasteiger partial charge in [-0.2, -0.15) is 5.10 Å². The third-order valence-electron chi connectivity index (χ3n) is 2.27. The van der Waals surface area contributed by atoms with Crippen molar-refractivity contribution in [2.75, 3.05) is 7.11 Å². The Bertz CT molecular complexity index is 259. The minimum Gasteiger partial charge on any atom is -0.493 e. The smallest absolute Gasteiger partial charge is 0.159 e. The van der Waals surface area contributed by atoms with E-state index in [2.05, 4.69) is 12.0 Å². The number of hydrogen-bond donors (Lipinski definition) is 1. The lowest BCUT2D eigenvalue weighted by atomic mass is 10.1. The summed E-state index contributed by atoms with van der Waals surface area (Å²) in [6.07, 6.45) is 3.65. The summed E-state index contributed by atoms with van der Waals surface area (Å²) in [7, 11) is 1.67. The van der Waals surface area contributed by atoms with Crippen LogP contribution in [0.1, 0.15) is 26.0 Å². The number of aromatic nitrogens is 2. The summed E-state index contributed by atoms with van der Waals surface area (Å²) in [6.45, 7) is 4.96. The lowest BCUT2D eigenvalue weighted by Gasteiger charge is -2.08. The van der Waals surface area contributed by atoms with E-state index in [1.165, 1.54) is 0 Å². The number of nitrogens with zero attached hydrogens (tertiary/aromatic N) is 2. The Morgan fingerprint density at radius 3 is 2.86 bits per heavy atom. The van der Waals surface area contributed by atoms with Gasteiger partial charge in [0.1, 0.15) is 0 Å². The largest absolute Gasteiger partial charge is 0.493 e. The van der Waals surface area contributed by atoms with Crippen molar-refractivity contribution in [3.05, 3.63) is 11.9 Å². The van der Waals surface area contributed by atoms with Crippen LogP contribution in [-0.2, 0) is 13.0 Å². The molecule has 1 aromatic heterocycles. The number of hydrogen-bond acceptors (Lipinski definition) is 3. The highest BCUT2D eigenvalue weighted by atomic mass is 16.5. The molecule has 0 aliphatic rings. The van der Waals surface area contributed by atoms with Crippen molar-refractivity contribution in [1.29, 1.82) is 0 Å². The number of ether oxygens (including phenoxy) is 1. The van der Waals surface area contributed by atoms with Gasteiger partial charge in [0.05, 0.1) is 19.0 Å². The molecule has 0 radical (unpaired) electrons. The minimum absolute atomic E-state index is 0.222. The highest BCUT2D eigenvalue weighted by Crippen LogP contribution is 2.19. The monoisotopic (exact) mass is 197 g/mol. The molecule has 80 valence electrons. The van der Waals surface area contributed by atoms with E-state index in [1.807, 2.05) is 11.6 Å². The maximum Gasteiger partial charge on any atom is 0.159 e. The Kier molecular flexibility index (Phi) is 3.95. The first-order valence-electron chi connectivity index (χ1n) is 5.03. The van der Waals surface area contributed by atoms with Crippen LogP contribution in [0.3, 0.4) is 0 Å². The molecule has 4 heteroatoms. The average Bonchev–Trinajstić information content (AvgIpc) is 2.56. The predicted octanol–water partition coefficient (Wildman–Crippen LogP) is 1.19. The Labute approximate surface area is 85.0 Å². The minimum atomic E-state index is 0.222. The SMILES string of the molecule is CCn1ncc(OC)c1CCC(C)N. The zero-order valence-electron chi connectivity index (χ0n) is 9.16. The van der Waals surface area contributed by atoms with E-state index in [1.54, 1.807) is 13.3 Å². The number of methoxy groups -OCH3 is 1. The van der Waals surface area contributed by atoms with E-state index in [0.29, 0.717) is 0 Å². The van der Waals surface area contributed by atoms with E-state index < -0.39 is 0 Å². The van der Waals surface area contributed by atoms with Gasteiger partial charge in [0.25, 0.3) is 0 Å². The quantitative estimate of drug-likeness (QED) is 0.771. The fourth-order valence-corrected chi connectivity index (χ4v) is 1.45. The van der Waals surface area contributed by atoms with E-state index in [4.69, 9.17) is 10.5 Å². The molecular weight excluding hydrogens is 178 g/mol. The van der Waals surface area contributed by atoms with Crippen molar-refractivity contribution in [1.82, 2.24) is 9.78 Å². The normalized spacial score (nSPS) is 12.9. The van der Waals surface area contributed by atoms with E-state index in [-0.39, 0.29) is 6.04 Å². The number of rotatable bonds is 5. The topological polar surface area (TPSA) is 53.1 Å². The molecule has 0 aliphatic heterocycles. The van der Waals surface area contributed by atoms with Crippen LogP contribution >= 0.6 is 0 Å². The van der Waals surface area contributed by atoms with Crippen molar-refractivity contribution >= 4 is 0 Å². The first-order chi connectivity index (χ1) is 6.69. The molecule has 1 rings (SSSR count). The Hall–Kier alpha value is -1.03. The Balaban J connectivity index is 2.75. The van der Waals surface area contributed by atoms with Crippen molar-refractivity contribution in [2.45, 2.75) is 39.3 Å². The van der Waals surface area contributed by atoms with Gasteiger partial charge < -0.3 is 10.5 Å². The third kappa shape index (κ3) is 2.48. The fraction of sp³-hybridized carbons (Fsp3) is 0.700. The number of nitrogens with two attached hydrogens (primary N) is 1. The molecule has 2 N–H and O–H groups in total. The lowest BCUT2D eigenvalue weighted by Crippen LogP contribution is -2.16. The molecule has 0 aliphatic carbocycles. The highest BCUT2D eigenvalue weighted by molar-refractivity contribution is 5.25. The third-order valence-corrected chi connectivity index (χ3v) is 2.27. The summed E-state index contributed by atoms with van der Waals surface area (Å²) < 4.78 is 7.20. The molecule has 1 atom stereocenters. The van der Waals surface area contributed by atoms with Crippen molar-refractivity contribution in [2.24, 2.45) is 5.73 Å². The molecule has 14 heavy (non-hydrogen) atoms. The van der Waals surface area contributed by atoms with Gasteiger partial charge in [-0.15, -0.1) is 0 Å². The van der Waals surface area contributed by atoms with E-state index in [9.17, 15) is 0 Å². The zero-order valence-corrected chi connectivity index (χ0v) is 9.16. The fourth-order valence-electron chi connectivity index (χ4n) is 1.45. The van der Waals surface area contributed by atoms with Gasteiger partial charge in [0.15, 0.2) is 5.75 Å². The second kappa shape index (κ2) is 5.00. The Morgan fingerprint density at radius 1 is 1.64 bits per heavy atom. The standard InChI is InChI=1S/C10H19N3O/c1-4-13-9(6-5-8(2)11)10(14-3)7-12-13/h7-8H,4-6,11H2,1-3H3. The van der Waals surface area contributed by atoms with E-state index in [0.717, 1.165) is 30.8 Å². The van der Waals surface area contributed by atoms with Crippen molar-refractivity contribution in [3.8, 4) is 5.75 Å². The second-order valence-electron chi connectivity index (χ2n) is 3.49. The van der Waals surface area contributed by atoms with Crippen LogP contribution in [0.25, 0.3) is 0 Å². The molecule has 0 spiro atoms. The van der Waals surface area contributed by atoms with Crippen LogP contribution in [0.15, 0.2) is 6.20 Å². The predicted molar refractivity (Wildman–Crippen MR) is 56.4 cm³/mol. The Morgan fingerprint density at radius 2 is 2.36 bits per heavy atom. The van der Waals surface area contributed by atoms with Crippen LogP contribution in [0.5, 0.6) is 5.75 Å². The maximum absolute atomic E-state index is 5.72. The van der Waals surface area contributed by atoms with Crippen LogP contribution in [0.4, 0.5) is 0 Å². The highest BCUT2D eigenvalue weighted by Gasteiger charge is 2.10. The number of aryl methyl sites for hydroxylation is 1. The second-order valence-corrected chi connectivity index (χ2v) is 3.49. The van der Waals surface area contributed by atoms with Crippen LogP contribution < -0.4 is 10.5 Å². The molecule has 1 aromatic rings. The first kappa shape index (κ1) is 11.0. The average molecular weight is 197 g/mol. The lowest BCUT2D eigenvalue weighted by molar-refractivity contribution is 0.405. The molecule has 0 amide bonds.